The lowest BCUT2D eigenvalue weighted by Crippen LogP contribution is -2.21. The number of amides is 1. The van der Waals surface area contributed by atoms with Crippen molar-refractivity contribution in [3.05, 3.63) is 24.3 Å². The lowest BCUT2D eigenvalue weighted by Gasteiger charge is -1.97. The quantitative estimate of drug-likeness (QED) is 0.371. The number of allylic oxidation sites excluding steroid dienone is 1. The second-order valence-corrected chi connectivity index (χ2v) is 2.59. The minimum atomic E-state index is -0.0214. The van der Waals surface area contributed by atoms with Crippen molar-refractivity contribution in [3.63, 3.8) is 0 Å². The van der Waals surface area contributed by atoms with Gasteiger partial charge in [-0.2, -0.15) is 0 Å². The van der Waals surface area contributed by atoms with Gasteiger partial charge in [0, 0.05) is 12.6 Å². The van der Waals surface area contributed by atoms with Crippen LogP contribution >= 0.6 is 0 Å². The lowest BCUT2D eigenvalue weighted by molar-refractivity contribution is -0.116. The van der Waals surface area contributed by atoms with Crippen molar-refractivity contribution in [1.82, 2.24) is 5.32 Å². The molecule has 0 fully saturated rings. The Hall–Kier alpha value is -1.05. The van der Waals surface area contributed by atoms with E-state index >= 15 is 0 Å². The smallest absolute Gasteiger partial charge is 0.243 e. The molecule has 0 aromatic heterocycles. The van der Waals surface area contributed by atoms with Gasteiger partial charge in [-0.25, -0.2) is 0 Å². The molecular formula is C9H15NO. The average Bonchev–Trinajstić information content (AvgIpc) is 1.86. The molecule has 0 rings (SSSR count). The molecule has 0 heterocycles. The van der Waals surface area contributed by atoms with Gasteiger partial charge in [-0.1, -0.05) is 11.6 Å². The molecule has 11 heavy (non-hydrogen) atoms. The fraction of sp³-hybridized carbons (Fsp3) is 0.444. The Morgan fingerprint density at radius 2 is 2.18 bits per heavy atom. The Morgan fingerprint density at radius 1 is 1.55 bits per heavy atom. The minimum Gasteiger partial charge on any atom is -0.352 e. The van der Waals surface area contributed by atoms with Gasteiger partial charge in [0.25, 0.3) is 0 Å². The standard InChI is InChI=1S/C9H15NO/c1-4-5-6-10-9(11)7-8(2)3/h4,7H,1,5-6H2,2-3H3,(H,10,11). The molecule has 0 radical (unpaired) electrons. The van der Waals surface area contributed by atoms with Crippen LogP contribution in [0.2, 0.25) is 0 Å². The van der Waals surface area contributed by atoms with E-state index in [0.717, 1.165) is 12.0 Å². The molecular weight excluding hydrogens is 138 g/mol. The Balaban J connectivity index is 3.53. The summed E-state index contributed by atoms with van der Waals surface area (Å²) in [5.74, 6) is -0.0214. The zero-order chi connectivity index (χ0) is 8.69. The monoisotopic (exact) mass is 153 g/mol. The van der Waals surface area contributed by atoms with E-state index in [1.54, 1.807) is 12.2 Å². The van der Waals surface area contributed by atoms with Crippen molar-refractivity contribution in [3.8, 4) is 0 Å². The molecule has 0 aromatic carbocycles. The van der Waals surface area contributed by atoms with Crippen molar-refractivity contribution in [2.45, 2.75) is 20.3 Å². The molecule has 0 unspecified atom stereocenters. The van der Waals surface area contributed by atoms with Crippen molar-refractivity contribution in [2.75, 3.05) is 6.54 Å². The van der Waals surface area contributed by atoms with Crippen LogP contribution in [-0.2, 0) is 4.79 Å². The molecule has 2 nitrogen and oxygen atoms in total. The predicted molar refractivity (Wildman–Crippen MR) is 47.3 cm³/mol. The Bertz CT molecular complexity index is 166. The molecule has 0 aliphatic carbocycles. The van der Waals surface area contributed by atoms with Gasteiger partial charge >= 0.3 is 0 Å². The average molecular weight is 153 g/mol. The first-order valence-electron chi connectivity index (χ1n) is 3.70. The largest absolute Gasteiger partial charge is 0.352 e. The highest BCUT2D eigenvalue weighted by molar-refractivity contribution is 5.87. The Morgan fingerprint density at radius 3 is 2.64 bits per heavy atom. The van der Waals surface area contributed by atoms with Gasteiger partial charge in [0.2, 0.25) is 5.91 Å². The Kier molecular flexibility index (Phi) is 5.17. The third-order valence-corrected chi connectivity index (χ3v) is 1.07. The first-order valence-corrected chi connectivity index (χ1v) is 3.70. The van der Waals surface area contributed by atoms with E-state index in [0.29, 0.717) is 6.54 Å². The van der Waals surface area contributed by atoms with Crippen LogP contribution in [0.25, 0.3) is 0 Å². The van der Waals surface area contributed by atoms with Crippen molar-refractivity contribution >= 4 is 5.91 Å². The molecule has 0 spiro atoms. The molecule has 62 valence electrons. The molecule has 0 aliphatic rings. The molecule has 1 amide bonds. The van der Waals surface area contributed by atoms with E-state index in [9.17, 15) is 4.79 Å². The van der Waals surface area contributed by atoms with Gasteiger partial charge in [0.15, 0.2) is 0 Å². The van der Waals surface area contributed by atoms with Crippen LogP contribution < -0.4 is 5.32 Å². The maximum Gasteiger partial charge on any atom is 0.243 e. The van der Waals surface area contributed by atoms with E-state index < -0.39 is 0 Å². The molecule has 2 heteroatoms. The van der Waals surface area contributed by atoms with Gasteiger partial charge in [0.1, 0.15) is 0 Å². The fourth-order valence-corrected chi connectivity index (χ4v) is 0.611. The van der Waals surface area contributed by atoms with Crippen LogP contribution in [0.4, 0.5) is 0 Å². The molecule has 0 atom stereocenters. The van der Waals surface area contributed by atoms with Crippen molar-refractivity contribution in [2.24, 2.45) is 0 Å². The summed E-state index contributed by atoms with van der Waals surface area (Å²) in [6.07, 6.45) is 4.19. The van der Waals surface area contributed by atoms with Crippen LogP contribution in [0.5, 0.6) is 0 Å². The van der Waals surface area contributed by atoms with E-state index in [4.69, 9.17) is 0 Å². The molecule has 0 bridgehead atoms. The SMILES string of the molecule is C=CCCNC(=O)C=C(C)C. The van der Waals surface area contributed by atoms with Crippen LogP contribution in [0.15, 0.2) is 24.3 Å². The predicted octanol–water partition coefficient (Wildman–Crippen LogP) is 1.64. The van der Waals surface area contributed by atoms with Gasteiger partial charge < -0.3 is 5.32 Å². The number of rotatable bonds is 4. The Labute approximate surface area is 68.0 Å². The summed E-state index contributed by atoms with van der Waals surface area (Å²) in [5.41, 5.74) is 1.01. The lowest BCUT2D eigenvalue weighted by atomic mass is 10.3. The number of carbonyl (C=O) groups is 1. The van der Waals surface area contributed by atoms with Gasteiger partial charge in [-0.05, 0) is 20.3 Å². The molecule has 0 aliphatic heterocycles. The summed E-state index contributed by atoms with van der Waals surface area (Å²) in [6.45, 7) is 8.02. The topological polar surface area (TPSA) is 29.1 Å². The highest BCUT2D eigenvalue weighted by atomic mass is 16.1. The first kappa shape index (κ1) is 9.95. The minimum absolute atomic E-state index is 0.0214. The van der Waals surface area contributed by atoms with Crippen LogP contribution in [-0.4, -0.2) is 12.5 Å². The zero-order valence-corrected chi connectivity index (χ0v) is 7.18. The maximum atomic E-state index is 10.9. The highest BCUT2D eigenvalue weighted by Gasteiger charge is 1.92. The maximum absolute atomic E-state index is 10.9. The summed E-state index contributed by atoms with van der Waals surface area (Å²) in [7, 11) is 0. The molecule has 0 saturated heterocycles. The van der Waals surface area contributed by atoms with Crippen LogP contribution in [0, 0.1) is 0 Å². The van der Waals surface area contributed by atoms with E-state index in [-0.39, 0.29) is 5.91 Å². The van der Waals surface area contributed by atoms with Crippen LogP contribution in [0.3, 0.4) is 0 Å². The van der Waals surface area contributed by atoms with Crippen molar-refractivity contribution < 1.29 is 4.79 Å². The summed E-state index contributed by atoms with van der Waals surface area (Å²) < 4.78 is 0. The number of carbonyl (C=O) groups excluding carboxylic acids is 1. The number of hydrogen-bond donors (Lipinski definition) is 1. The molecule has 0 saturated carbocycles. The fourth-order valence-electron chi connectivity index (χ4n) is 0.611. The van der Waals surface area contributed by atoms with E-state index in [1.807, 2.05) is 13.8 Å². The molecule has 0 aromatic rings. The number of hydrogen-bond acceptors (Lipinski definition) is 1. The van der Waals surface area contributed by atoms with E-state index in [2.05, 4.69) is 11.9 Å². The van der Waals surface area contributed by atoms with Crippen molar-refractivity contribution in [1.29, 1.82) is 0 Å². The van der Waals surface area contributed by atoms with Gasteiger partial charge in [-0.3, -0.25) is 4.79 Å². The zero-order valence-electron chi connectivity index (χ0n) is 7.18. The first-order chi connectivity index (χ1) is 5.16. The van der Waals surface area contributed by atoms with E-state index in [1.165, 1.54) is 0 Å². The summed E-state index contributed by atoms with van der Waals surface area (Å²) in [5, 5.41) is 2.73. The molecule has 1 N–H and O–H groups in total. The highest BCUT2D eigenvalue weighted by Crippen LogP contribution is 1.87. The third-order valence-electron chi connectivity index (χ3n) is 1.07. The van der Waals surface area contributed by atoms with Gasteiger partial charge in [0.05, 0.1) is 0 Å². The second-order valence-electron chi connectivity index (χ2n) is 2.59. The summed E-state index contributed by atoms with van der Waals surface area (Å²) in [6, 6.07) is 0. The third kappa shape index (κ3) is 6.84. The summed E-state index contributed by atoms with van der Waals surface area (Å²) in [4.78, 5) is 10.9. The summed E-state index contributed by atoms with van der Waals surface area (Å²) >= 11 is 0. The number of nitrogens with one attached hydrogen (secondary N) is 1. The van der Waals surface area contributed by atoms with Gasteiger partial charge in [-0.15, -0.1) is 6.58 Å². The normalized spacial score (nSPS) is 8.55. The second kappa shape index (κ2) is 5.71. The van der Waals surface area contributed by atoms with Crippen LogP contribution in [0.1, 0.15) is 20.3 Å².